The minimum Gasteiger partial charge on any atom is -0.385 e. The van der Waals surface area contributed by atoms with E-state index in [-0.39, 0.29) is 17.1 Å². The standard InChI is InChI=1S/C16H25FN2O2S/c1-12(2)22(20,21)19-15-8-6-13(7-9-15)11-18-16-5-3-4-14(17)10-16/h3-5,10,12-13,15,18-19H,6-9,11H2,1-2H3. The van der Waals surface area contributed by atoms with Gasteiger partial charge in [0, 0.05) is 18.3 Å². The van der Waals surface area contributed by atoms with Crippen LogP contribution in [0.1, 0.15) is 39.5 Å². The van der Waals surface area contributed by atoms with Gasteiger partial charge in [0.05, 0.1) is 5.25 Å². The first kappa shape index (κ1) is 17.2. The van der Waals surface area contributed by atoms with Crippen molar-refractivity contribution in [3.8, 4) is 0 Å². The van der Waals surface area contributed by atoms with Crippen molar-refractivity contribution in [1.29, 1.82) is 0 Å². The number of halogens is 1. The monoisotopic (exact) mass is 328 g/mol. The average molecular weight is 328 g/mol. The molecule has 0 spiro atoms. The highest BCUT2D eigenvalue weighted by Crippen LogP contribution is 2.25. The van der Waals surface area contributed by atoms with Crippen molar-refractivity contribution in [2.45, 2.75) is 50.8 Å². The number of nitrogens with one attached hydrogen (secondary N) is 2. The van der Waals surface area contributed by atoms with Gasteiger partial charge in [-0.15, -0.1) is 0 Å². The predicted molar refractivity (Wildman–Crippen MR) is 87.8 cm³/mol. The van der Waals surface area contributed by atoms with E-state index in [1.807, 2.05) is 6.07 Å². The Balaban J connectivity index is 1.76. The molecule has 124 valence electrons. The quantitative estimate of drug-likeness (QED) is 0.843. The molecule has 22 heavy (non-hydrogen) atoms. The Hall–Kier alpha value is -1.14. The van der Waals surface area contributed by atoms with E-state index in [1.54, 1.807) is 19.9 Å². The summed E-state index contributed by atoms with van der Waals surface area (Å²) in [6, 6.07) is 6.51. The van der Waals surface area contributed by atoms with Gasteiger partial charge in [-0.25, -0.2) is 17.5 Å². The molecule has 1 saturated carbocycles. The van der Waals surface area contributed by atoms with Crippen LogP contribution in [0.2, 0.25) is 0 Å². The van der Waals surface area contributed by atoms with Crippen LogP contribution < -0.4 is 10.0 Å². The molecule has 0 bridgehead atoms. The molecule has 0 amide bonds. The van der Waals surface area contributed by atoms with Crippen LogP contribution in [-0.2, 0) is 10.0 Å². The van der Waals surface area contributed by atoms with Crippen molar-refractivity contribution >= 4 is 15.7 Å². The van der Waals surface area contributed by atoms with Crippen LogP contribution in [0.15, 0.2) is 24.3 Å². The summed E-state index contributed by atoms with van der Waals surface area (Å²) in [6.07, 6.45) is 3.68. The van der Waals surface area contributed by atoms with Crippen molar-refractivity contribution < 1.29 is 12.8 Å². The smallest absolute Gasteiger partial charge is 0.214 e. The third-order valence-corrected chi connectivity index (χ3v) is 6.12. The van der Waals surface area contributed by atoms with Gasteiger partial charge in [0.2, 0.25) is 10.0 Å². The molecule has 1 aliphatic carbocycles. The van der Waals surface area contributed by atoms with Crippen molar-refractivity contribution in [1.82, 2.24) is 4.72 Å². The van der Waals surface area contributed by atoms with Gasteiger partial charge in [-0.2, -0.15) is 0 Å². The maximum absolute atomic E-state index is 13.1. The summed E-state index contributed by atoms with van der Waals surface area (Å²) < 4.78 is 39.6. The third-order valence-electron chi connectivity index (χ3n) is 4.22. The van der Waals surface area contributed by atoms with Gasteiger partial charge in [0.15, 0.2) is 0 Å². The van der Waals surface area contributed by atoms with Crippen LogP contribution in [-0.4, -0.2) is 26.3 Å². The van der Waals surface area contributed by atoms with E-state index < -0.39 is 10.0 Å². The lowest BCUT2D eigenvalue weighted by molar-refractivity contribution is 0.323. The van der Waals surface area contributed by atoms with E-state index >= 15 is 0 Å². The summed E-state index contributed by atoms with van der Waals surface area (Å²) in [4.78, 5) is 0. The summed E-state index contributed by atoms with van der Waals surface area (Å²) >= 11 is 0. The zero-order valence-corrected chi connectivity index (χ0v) is 14.0. The van der Waals surface area contributed by atoms with Crippen molar-refractivity contribution in [3.05, 3.63) is 30.1 Å². The summed E-state index contributed by atoms with van der Waals surface area (Å²) in [5.41, 5.74) is 0.794. The van der Waals surface area contributed by atoms with Gasteiger partial charge < -0.3 is 5.32 Å². The molecule has 2 N–H and O–H groups in total. The SMILES string of the molecule is CC(C)S(=O)(=O)NC1CCC(CNc2cccc(F)c2)CC1. The highest BCUT2D eigenvalue weighted by molar-refractivity contribution is 7.90. The molecule has 0 saturated heterocycles. The number of hydrogen-bond donors (Lipinski definition) is 2. The maximum Gasteiger partial charge on any atom is 0.214 e. The number of rotatable bonds is 6. The number of benzene rings is 1. The molecular weight excluding hydrogens is 303 g/mol. The molecule has 1 aromatic carbocycles. The fourth-order valence-electron chi connectivity index (χ4n) is 2.71. The third kappa shape index (κ3) is 4.95. The lowest BCUT2D eigenvalue weighted by Gasteiger charge is -2.29. The molecule has 2 rings (SSSR count). The molecule has 1 fully saturated rings. The van der Waals surface area contributed by atoms with Crippen LogP contribution in [0.3, 0.4) is 0 Å². The van der Waals surface area contributed by atoms with E-state index in [0.717, 1.165) is 37.9 Å². The minimum absolute atomic E-state index is 0.0535. The second kappa shape index (κ2) is 7.42. The van der Waals surface area contributed by atoms with Crippen molar-refractivity contribution in [2.24, 2.45) is 5.92 Å². The molecule has 1 aliphatic rings. The van der Waals surface area contributed by atoms with E-state index in [1.165, 1.54) is 12.1 Å². The first-order valence-corrected chi connectivity index (χ1v) is 9.42. The van der Waals surface area contributed by atoms with Crippen molar-refractivity contribution in [3.63, 3.8) is 0 Å². The molecule has 4 nitrogen and oxygen atoms in total. The molecule has 0 heterocycles. The van der Waals surface area contributed by atoms with Gasteiger partial charge in [-0.3, -0.25) is 0 Å². The average Bonchev–Trinajstić information content (AvgIpc) is 2.46. The van der Waals surface area contributed by atoms with E-state index in [2.05, 4.69) is 10.0 Å². The Morgan fingerprint density at radius 1 is 1.23 bits per heavy atom. The lowest BCUT2D eigenvalue weighted by atomic mass is 9.86. The minimum atomic E-state index is -3.18. The van der Waals surface area contributed by atoms with Crippen LogP contribution in [0.4, 0.5) is 10.1 Å². The predicted octanol–water partition coefficient (Wildman–Crippen LogP) is 3.12. The summed E-state index contributed by atoms with van der Waals surface area (Å²) in [5.74, 6) is 0.264. The topological polar surface area (TPSA) is 58.2 Å². The first-order valence-electron chi connectivity index (χ1n) is 7.87. The van der Waals surface area contributed by atoms with Gasteiger partial charge in [0.1, 0.15) is 5.82 Å². The van der Waals surface area contributed by atoms with Crippen molar-refractivity contribution in [2.75, 3.05) is 11.9 Å². The number of anilines is 1. The van der Waals surface area contributed by atoms with Gasteiger partial charge in [0.25, 0.3) is 0 Å². The second-order valence-corrected chi connectivity index (χ2v) is 8.59. The van der Waals surface area contributed by atoms with E-state index in [0.29, 0.717) is 5.92 Å². The van der Waals surface area contributed by atoms with E-state index in [9.17, 15) is 12.8 Å². The highest BCUT2D eigenvalue weighted by atomic mass is 32.2. The molecule has 0 aromatic heterocycles. The fraction of sp³-hybridized carbons (Fsp3) is 0.625. The lowest BCUT2D eigenvalue weighted by Crippen LogP contribution is -2.41. The van der Waals surface area contributed by atoms with Crippen LogP contribution in [0.5, 0.6) is 0 Å². The zero-order valence-electron chi connectivity index (χ0n) is 13.2. The molecule has 0 radical (unpaired) electrons. The Morgan fingerprint density at radius 3 is 2.50 bits per heavy atom. The molecule has 0 unspecified atom stereocenters. The molecular formula is C16H25FN2O2S. The first-order chi connectivity index (χ1) is 10.4. The highest BCUT2D eigenvalue weighted by Gasteiger charge is 2.26. The summed E-state index contributed by atoms with van der Waals surface area (Å²) in [6.45, 7) is 4.18. The molecule has 0 atom stereocenters. The Morgan fingerprint density at radius 2 is 1.91 bits per heavy atom. The molecule has 0 aliphatic heterocycles. The van der Waals surface area contributed by atoms with Crippen LogP contribution in [0, 0.1) is 11.7 Å². The van der Waals surface area contributed by atoms with Gasteiger partial charge in [-0.05, 0) is 63.6 Å². The summed E-state index contributed by atoms with van der Waals surface area (Å²) in [5, 5.41) is 2.87. The fourth-order valence-corrected chi connectivity index (χ4v) is 3.69. The molecule has 6 heteroatoms. The normalized spacial score (nSPS) is 22.7. The molecule has 1 aromatic rings. The Kier molecular flexibility index (Phi) is 5.81. The van der Waals surface area contributed by atoms with Gasteiger partial charge in [-0.1, -0.05) is 6.07 Å². The van der Waals surface area contributed by atoms with E-state index in [4.69, 9.17) is 0 Å². The van der Waals surface area contributed by atoms with Gasteiger partial charge >= 0.3 is 0 Å². The maximum atomic E-state index is 13.1. The Bertz CT molecular complexity index is 582. The summed E-state index contributed by atoms with van der Waals surface area (Å²) in [7, 11) is -3.18. The Labute approximate surface area is 132 Å². The van der Waals surface area contributed by atoms with Crippen LogP contribution in [0.25, 0.3) is 0 Å². The van der Waals surface area contributed by atoms with Crippen LogP contribution >= 0.6 is 0 Å². The largest absolute Gasteiger partial charge is 0.385 e. The second-order valence-electron chi connectivity index (χ2n) is 6.32. The zero-order chi connectivity index (χ0) is 16.2. The number of hydrogen-bond acceptors (Lipinski definition) is 3. The number of sulfonamides is 1.